The standard InChI is InChI=1S/C22H25ClFN5O4/c1-9(2)29-16-5-11(4-14(24)18(16)27-20(29)10(3)30)17-13(23)7-25-22(28-17)26-15-6-12-8-32-21(33-12)19(15)31/h4-5,7,9-10,12,15,19,21,30-31H,6,8H2,1-3H3,(H,25,26,28)/t10-,12+,15-,19+,21-/m1/s1. The molecule has 0 aliphatic carbocycles. The second-order valence-electron chi connectivity index (χ2n) is 8.76. The number of aliphatic hydroxyl groups excluding tert-OH is 2. The van der Waals surface area contributed by atoms with Crippen LogP contribution in [-0.4, -0.2) is 60.9 Å². The number of rotatable bonds is 5. The molecule has 5 rings (SSSR count). The Morgan fingerprint density at radius 3 is 2.79 bits per heavy atom. The van der Waals surface area contributed by atoms with Gasteiger partial charge in [0.1, 0.15) is 23.5 Å². The van der Waals surface area contributed by atoms with Crippen LogP contribution >= 0.6 is 11.6 Å². The summed E-state index contributed by atoms with van der Waals surface area (Å²) in [5, 5.41) is 24.0. The number of halogens is 2. The molecule has 0 amide bonds. The number of nitrogens with one attached hydrogen (secondary N) is 1. The molecule has 0 saturated carbocycles. The quantitative estimate of drug-likeness (QED) is 0.513. The number of anilines is 1. The lowest BCUT2D eigenvalue weighted by molar-refractivity contribution is -0.156. The maximum absolute atomic E-state index is 15.1. The summed E-state index contributed by atoms with van der Waals surface area (Å²) in [5.41, 5.74) is 1.50. The summed E-state index contributed by atoms with van der Waals surface area (Å²) >= 11 is 6.39. The van der Waals surface area contributed by atoms with Gasteiger partial charge in [0.2, 0.25) is 5.95 Å². The van der Waals surface area contributed by atoms with Gasteiger partial charge in [-0.1, -0.05) is 11.6 Å². The van der Waals surface area contributed by atoms with Crippen LogP contribution in [0.4, 0.5) is 10.3 Å². The lowest BCUT2D eigenvalue weighted by atomic mass is 10.0. The van der Waals surface area contributed by atoms with Gasteiger partial charge in [-0.25, -0.2) is 19.3 Å². The van der Waals surface area contributed by atoms with Crippen molar-refractivity contribution in [1.29, 1.82) is 0 Å². The van der Waals surface area contributed by atoms with Crippen LogP contribution in [0.3, 0.4) is 0 Å². The minimum atomic E-state index is -0.875. The Bertz CT molecular complexity index is 1200. The molecule has 0 radical (unpaired) electrons. The van der Waals surface area contributed by atoms with E-state index in [1.807, 2.05) is 13.8 Å². The number of aromatic nitrogens is 4. The van der Waals surface area contributed by atoms with Gasteiger partial charge in [-0.3, -0.25) is 0 Å². The van der Waals surface area contributed by atoms with E-state index in [1.165, 1.54) is 12.3 Å². The van der Waals surface area contributed by atoms with Gasteiger partial charge in [-0.05, 0) is 39.3 Å². The van der Waals surface area contributed by atoms with Gasteiger partial charge in [0, 0.05) is 11.6 Å². The number of nitrogens with zero attached hydrogens (tertiary/aromatic N) is 4. The molecule has 2 fully saturated rings. The second-order valence-corrected chi connectivity index (χ2v) is 9.17. The third-order valence-electron chi connectivity index (χ3n) is 5.98. The fourth-order valence-electron chi connectivity index (χ4n) is 4.48. The summed E-state index contributed by atoms with van der Waals surface area (Å²) in [4.78, 5) is 13.1. The summed E-state index contributed by atoms with van der Waals surface area (Å²) in [6.45, 7) is 5.91. The first-order valence-corrected chi connectivity index (χ1v) is 11.2. The number of hydrogen-bond donors (Lipinski definition) is 3. The van der Waals surface area contributed by atoms with E-state index in [4.69, 9.17) is 21.1 Å². The molecule has 4 heterocycles. The van der Waals surface area contributed by atoms with Gasteiger partial charge in [0.05, 0.1) is 41.2 Å². The van der Waals surface area contributed by atoms with E-state index < -0.39 is 24.3 Å². The Kier molecular flexibility index (Phi) is 5.74. The molecule has 2 aromatic heterocycles. The smallest absolute Gasteiger partial charge is 0.223 e. The van der Waals surface area contributed by atoms with Gasteiger partial charge in [0.25, 0.3) is 0 Å². The van der Waals surface area contributed by atoms with Crippen LogP contribution in [0.5, 0.6) is 0 Å². The summed E-state index contributed by atoms with van der Waals surface area (Å²) in [6.07, 6.45) is -0.533. The van der Waals surface area contributed by atoms with Crippen LogP contribution in [-0.2, 0) is 9.47 Å². The zero-order chi connectivity index (χ0) is 23.4. The molecule has 5 atom stereocenters. The molecule has 2 bridgehead atoms. The maximum Gasteiger partial charge on any atom is 0.223 e. The Labute approximate surface area is 194 Å². The minimum Gasteiger partial charge on any atom is -0.386 e. The maximum atomic E-state index is 15.1. The van der Waals surface area contributed by atoms with Crippen molar-refractivity contribution < 1.29 is 24.1 Å². The predicted octanol–water partition coefficient (Wildman–Crippen LogP) is 3.21. The highest BCUT2D eigenvalue weighted by Gasteiger charge is 2.43. The number of hydrogen-bond acceptors (Lipinski definition) is 8. The first kappa shape index (κ1) is 22.4. The number of aliphatic hydroxyl groups is 2. The first-order chi connectivity index (χ1) is 15.7. The van der Waals surface area contributed by atoms with Gasteiger partial charge >= 0.3 is 0 Å². The van der Waals surface area contributed by atoms with Crippen LogP contribution < -0.4 is 5.32 Å². The molecule has 3 N–H and O–H groups in total. The fraction of sp³-hybridized carbons (Fsp3) is 0.500. The van der Waals surface area contributed by atoms with E-state index in [1.54, 1.807) is 17.6 Å². The Balaban J connectivity index is 1.54. The predicted molar refractivity (Wildman–Crippen MR) is 119 cm³/mol. The largest absolute Gasteiger partial charge is 0.386 e. The van der Waals surface area contributed by atoms with Crippen LogP contribution in [0.2, 0.25) is 5.02 Å². The van der Waals surface area contributed by atoms with Gasteiger partial charge in [0.15, 0.2) is 12.1 Å². The lowest BCUT2D eigenvalue weighted by Crippen LogP contribution is -2.48. The number of benzene rings is 1. The van der Waals surface area contributed by atoms with Crippen LogP contribution in [0.1, 0.15) is 45.2 Å². The molecule has 11 heteroatoms. The van der Waals surface area contributed by atoms with Crippen molar-refractivity contribution >= 4 is 28.6 Å². The summed E-state index contributed by atoms with van der Waals surface area (Å²) < 4.78 is 27.9. The van der Waals surface area contributed by atoms with E-state index in [2.05, 4.69) is 20.3 Å². The van der Waals surface area contributed by atoms with E-state index in [0.29, 0.717) is 35.6 Å². The van der Waals surface area contributed by atoms with Gasteiger partial charge in [-0.15, -0.1) is 0 Å². The van der Waals surface area contributed by atoms with Crippen LogP contribution in [0.15, 0.2) is 18.3 Å². The second kappa shape index (κ2) is 8.44. The molecule has 1 aromatic carbocycles. The molecule has 3 aromatic rings. The van der Waals surface area contributed by atoms with Crippen molar-refractivity contribution in [2.24, 2.45) is 0 Å². The number of imidazole rings is 1. The lowest BCUT2D eigenvalue weighted by Gasteiger charge is -2.32. The van der Waals surface area contributed by atoms with Crippen LogP contribution in [0.25, 0.3) is 22.3 Å². The SMILES string of the molecule is CC(C)n1c([C@@H](C)O)nc2c(F)cc(-c3nc(N[C@@H]4C[C@H]5CO[C@H](O5)[C@H]4O)ncc3Cl)cc21. The summed E-state index contributed by atoms with van der Waals surface area (Å²) in [5.74, 6) is 0.0985. The highest BCUT2D eigenvalue weighted by atomic mass is 35.5. The Hall–Kier alpha value is -2.37. The monoisotopic (exact) mass is 477 g/mol. The van der Waals surface area contributed by atoms with Crippen molar-refractivity contribution in [3.63, 3.8) is 0 Å². The number of ether oxygens (including phenoxy) is 2. The first-order valence-electron chi connectivity index (χ1n) is 10.9. The number of fused-ring (bicyclic) bond motifs is 3. The summed E-state index contributed by atoms with van der Waals surface area (Å²) in [6, 6.07) is 2.66. The molecule has 0 spiro atoms. The van der Waals surface area contributed by atoms with Crippen LogP contribution in [0, 0.1) is 5.82 Å². The molecule has 2 aliphatic heterocycles. The van der Waals surface area contributed by atoms with E-state index >= 15 is 4.39 Å². The zero-order valence-electron chi connectivity index (χ0n) is 18.4. The van der Waals surface area contributed by atoms with Gasteiger partial charge in [-0.2, -0.15) is 0 Å². The van der Waals surface area contributed by atoms with Crippen molar-refractivity contribution in [3.05, 3.63) is 35.0 Å². The third-order valence-corrected chi connectivity index (χ3v) is 6.26. The van der Waals surface area contributed by atoms with E-state index in [0.717, 1.165) is 0 Å². The molecule has 0 unspecified atom stereocenters. The van der Waals surface area contributed by atoms with Gasteiger partial charge < -0.3 is 29.6 Å². The van der Waals surface area contributed by atoms with Crippen molar-refractivity contribution in [1.82, 2.24) is 19.5 Å². The van der Waals surface area contributed by atoms with Crippen molar-refractivity contribution in [2.45, 2.75) is 63.9 Å². The van der Waals surface area contributed by atoms with Crippen molar-refractivity contribution in [2.75, 3.05) is 11.9 Å². The van der Waals surface area contributed by atoms with E-state index in [9.17, 15) is 10.2 Å². The highest BCUT2D eigenvalue weighted by Crippen LogP contribution is 2.34. The average molecular weight is 478 g/mol. The molecule has 2 aliphatic rings. The van der Waals surface area contributed by atoms with Crippen molar-refractivity contribution in [3.8, 4) is 11.3 Å². The molecule has 9 nitrogen and oxygen atoms in total. The minimum absolute atomic E-state index is 0.0556. The molecular formula is C22H25ClFN5O4. The van der Waals surface area contributed by atoms with E-state index in [-0.39, 0.29) is 34.7 Å². The Morgan fingerprint density at radius 2 is 2.06 bits per heavy atom. The molecule has 176 valence electrons. The summed E-state index contributed by atoms with van der Waals surface area (Å²) in [7, 11) is 0. The Morgan fingerprint density at radius 1 is 1.27 bits per heavy atom. The average Bonchev–Trinajstić information content (AvgIpc) is 3.35. The molecular weight excluding hydrogens is 453 g/mol. The molecule has 33 heavy (non-hydrogen) atoms. The third kappa shape index (κ3) is 3.95. The normalized spacial score (nSPS) is 25.7. The topological polar surface area (TPSA) is 115 Å². The fourth-order valence-corrected chi connectivity index (χ4v) is 4.68. The zero-order valence-corrected chi connectivity index (χ0v) is 19.1. The highest BCUT2D eigenvalue weighted by molar-refractivity contribution is 6.33. The molecule has 2 saturated heterocycles.